The molecule has 4 aromatic carbocycles. The lowest BCUT2D eigenvalue weighted by Gasteiger charge is -2.38. The highest BCUT2D eigenvalue weighted by atomic mass is 19.1. The van der Waals surface area contributed by atoms with Crippen molar-refractivity contribution in [2.45, 2.75) is 24.7 Å². The molecular formula is C51H56F2N8O. The summed E-state index contributed by atoms with van der Waals surface area (Å²) in [5, 5.41) is 0. The standard InChI is InChI=1S/C51H56F2N8O/c52-43-19-15-39(16-20-43)45(35-60-31-27-58(28-32-60)25-23-37-7-11-41(12-8-37)47-3-1-5-49(54)56-47)51(62)46(40-17-21-44(53)22-18-40)36-61-33-29-59(30-34-61)26-24-38-9-13-42(14-10-38)48-4-2-6-50(55)57-48/h1-22,45-46H,23-36H2,(H2,54,56)(H2,55,57). The number of pyridine rings is 2. The maximum Gasteiger partial charge on any atom is 0.150 e. The number of carbonyl (C=O) groups is 1. The number of piperazine rings is 2. The van der Waals surface area contributed by atoms with Crippen molar-refractivity contribution in [1.29, 1.82) is 0 Å². The van der Waals surface area contributed by atoms with Gasteiger partial charge >= 0.3 is 0 Å². The van der Waals surface area contributed by atoms with Gasteiger partial charge in [0.2, 0.25) is 0 Å². The van der Waals surface area contributed by atoms with Crippen LogP contribution in [0.3, 0.4) is 0 Å². The zero-order valence-corrected chi connectivity index (χ0v) is 35.3. The molecule has 0 spiro atoms. The highest BCUT2D eigenvalue weighted by molar-refractivity contribution is 5.92. The minimum absolute atomic E-state index is 0.0850. The Labute approximate surface area is 364 Å². The average Bonchev–Trinajstić information content (AvgIpc) is 3.30. The van der Waals surface area contributed by atoms with Gasteiger partial charge in [0.25, 0.3) is 0 Å². The molecule has 0 saturated carbocycles. The summed E-state index contributed by atoms with van der Waals surface area (Å²) in [6, 6.07) is 41.2. The van der Waals surface area contributed by atoms with Crippen molar-refractivity contribution in [1.82, 2.24) is 29.6 Å². The molecule has 62 heavy (non-hydrogen) atoms. The Balaban J connectivity index is 0.874. The Morgan fingerprint density at radius 1 is 0.484 bits per heavy atom. The number of carbonyl (C=O) groups excluding carboxylic acids is 1. The predicted molar refractivity (Wildman–Crippen MR) is 245 cm³/mol. The van der Waals surface area contributed by atoms with Crippen LogP contribution in [0.25, 0.3) is 22.5 Å². The second-order valence-corrected chi connectivity index (χ2v) is 16.7. The Morgan fingerprint density at radius 2 is 0.839 bits per heavy atom. The summed E-state index contributed by atoms with van der Waals surface area (Å²) in [7, 11) is 0. The first-order chi connectivity index (χ1) is 30.2. The zero-order chi connectivity index (χ0) is 42.8. The van der Waals surface area contributed by atoms with Crippen molar-refractivity contribution in [2.24, 2.45) is 0 Å². The predicted octanol–water partition coefficient (Wildman–Crippen LogP) is 7.41. The molecule has 2 aliphatic heterocycles. The third-order valence-corrected chi connectivity index (χ3v) is 12.5. The molecule has 0 radical (unpaired) electrons. The Kier molecular flexibility index (Phi) is 14.1. The van der Waals surface area contributed by atoms with Crippen molar-refractivity contribution in [3.63, 3.8) is 0 Å². The molecule has 2 saturated heterocycles. The summed E-state index contributed by atoms with van der Waals surface area (Å²) >= 11 is 0. The first-order valence-electron chi connectivity index (χ1n) is 21.8. The fourth-order valence-electron chi connectivity index (χ4n) is 8.74. The monoisotopic (exact) mass is 834 g/mol. The normalized spacial score (nSPS) is 16.5. The first-order valence-corrected chi connectivity index (χ1v) is 21.8. The number of halogens is 2. The van der Waals surface area contributed by atoms with Gasteiger partial charge in [0.05, 0.1) is 23.2 Å². The molecule has 2 fully saturated rings. The van der Waals surface area contributed by atoms with Gasteiger partial charge < -0.3 is 21.3 Å². The van der Waals surface area contributed by atoms with Crippen LogP contribution < -0.4 is 11.5 Å². The smallest absolute Gasteiger partial charge is 0.150 e. The second kappa shape index (κ2) is 20.3. The van der Waals surface area contributed by atoms with Crippen LogP contribution in [0.15, 0.2) is 133 Å². The van der Waals surface area contributed by atoms with Gasteiger partial charge in [-0.25, -0.2) is 18.7 Å². The molecule has 320 valence electrons. The van der Waals surface area contributed by atoms with Gasteiger partial charge in [-0.15, -0.1) is 0 Å². The van der Waals surface area contributed by atoms with Gasteiger partial charge in [0.1, 0.15) is 29.1 Å². The molecule has 0 aliphatic carbocycles. The minimum atomic E-state index is -0.465. The molecule has 2 atom stereocenters. The van der Waals surface area contributed by atoms with Crippen molar-refractivity contribution in [3.05, 3.63) is 167 Å². The SMILES string of the molecule is Nc1cccc(-c2ccc(CCN3CCN(CC(C(=O)C(CN4CCN(CCc5ccc(-c6cccc(N)n6)cc5)CC4)c4ccc(F)cc4)c4ccc(F)cc4)CC3)cc2)n1. The maximum absolute atomic E-state index is 15.0. The number of aromatic nitrogens is 2. The minimum Gasteiger partial charge on any atom is -0.384 e. The first kappa shape index (κ1) is 42.8. The van der Waals surface area contributed by atoms with E-state index in [-0.39, 0.29) is 17.4 Å². The molecule has 4 heterocycles. The highest BCUT2D eigenvalue weighted by Gasteiger charge is 2.34. The van der Waals surface area contributed by atoms with E-state index in [9.17, 15) is 13.6 Å². The van der Waals surface area contributed by atoms with E-state index in [2.05, 4.69) is 78.1 Å². The molecule has 2 aromatic heterocycles. The lowest BCUT2D eigenvalue weighted by atomic mass is 9.82. The number of nitrogens with zero attached hydrogens (tertiary/aromatic N) is 6. The molecule has 0 amide bonds. The van der Waals surface area contributed by atoms with Crippen molar-refractivity contribution in [3.8, 4) is 22.5 Å². The number of hydrogen-bond donors (Lipinski definition) is 2. The van der Waals surface area contributed by atoms with E-state index >= 15 is 0 Å². The van der Waals surface area contributed by atoms with E-state index in [0.29, 0.717) is 24.7 Å². The van der Waals surface area contributed by atoms with E-state index in [1.54, 1.807) is 36.4 Å². The number of nitrogens with two attached hydrogens (primary N) is 2. The summed E-state index contributed by atoms with van der Waals surface area (Å²) in [6.45, 7) is 9.88. The molecule has 8 rings (SSSR count). The van der Waals surface area contributed by atoms with E-state index in [1.165, 1.54) is 35.4 Å². The molecule has 2 unspecified atom stereocenters. The molecule has 0 bridgehead atoms. The summed E-state index contributed by atoms with van der Waals surface area (Å²) in [5.41, 5.74) is 19.8. The number of rotatable bonds is 16. The van der Waals surface area contributed by atoms with Gasteiger partial charge in [-0.2, -0.15) is 0 Å². The zero-order valence-electron chi connectivity index (χ0n) is 35.3. The van der Waals surface area contributed by atoms with E-state index < -0.39 is 11.8 Å². The Bertz CT molecular complexity index is 2190. The van der Waals surface area contributed by atoms with Crippen LogP contribution in [0.5, 0.6) is 0 Å². The average molecular weight is 835 g/mol. The molecule has 11 heteroatoms. The lowest BCUT2D eigenvalue weighted by molar-refractivity contribution is -0.123. The fraction of sp³-hybridized carbons (Fsp3) is 0.314. The lowest BCUT2D eigenvalue weighted by Crippen LogP contribution is -2.50. The second-order valence-electron chi connectivity index (χ2n) is 16.7. The third-order valence-electron chi connectivity index (χ3n) is 12.5. The van der Waals surface area contributed by atoms with Crippen molar-refractivity contribution >= 4 is 17.4 Å². The number of Topliss-reactive ketones (excluding diaryl/α,β-unsaturated/α-hetero) is 1. The Morgan fingerprint density at radius 3 is 1.19 bits per heavy atom. The van der Waals surface area contributed by atoms with E-state index in [4.69, 9.17) is 11.5 Å². The van der Waals surface area contributed by atoms with Gasteiger partial charge in [-0.1, -0.05) is 84.9 Å². The van der Waals surface area contributed by atoms with E-state index in [0.717, 1.165) is 112 Å². The summed E-state index contributed by atoms with van der Waals surface area (Å²) < 4.78 is 28.5. The highest BCUT2D eigenvalue weighted by Crippen LogP contribution is 2.30. The van der Waals surface area contributed by atoms with Crippen LogP contribution in [-0.4, -0.2) is 114 Å². The molecule has 4 N–H and O–H groups in total. The number of nitrogen functional groups attached to an aromatic ring is 2. The van der Waals surface area contributed by atoms with Gasteiger partial charge in [0.15, 0.2) is 0 Å². The number of anilines is 2. The summed E-state index contributed by atoms with van der Waals surface area (Å²) in [6.07, 6.45) is 1.87. The third kappa shape index (κ3) is 11.3. The largest absolute Gasteiger partial charge is 0.384 e. The topological polar surface area (TPSA) is 108 Å². The molecular weight excluding hydrogens is 779 g/mol. The van der Waals surface area contributed by atoms with E-state index in [1.807, 2.05) is 24.3 Å². The molecule has 2 aliphatic rings. The van der Waals surface area contributed by atoms with Gasteiger partial charge in [-0.3, -0.25) is 14.6 Å². The van der Waals surface area contributed by atoms with Crippen LogP contribution in [0, 0.1) is 11.6 Å². The van der Waals surface area contributed by atoms with Crippen molar-refractivity contribution in [2.75, 3.05) is 90.0 Å². The van der Waals surface area contributed by atoms with Crippen molar-refractivity contribution < 1.29 is 13.6 Å². The van der Waals surface area contributed by atoms with Crippen LogP contribution in [0.4, 0.5) is 20.4 Å². The Hall–Kier alpha value is -5.85. The number of benzene rings is 4. The number of hydrogen-bond acceptors (Lipinski definition) is 9. The quantitative estimate of drug-likeness (QED) is 0.103. The summed E-state index contributed by atoms with van der Waals surface area (Å²) in [5.74, 6) is -0.482. The van der Waals surface area contributed by atoms with Crippen LogP contribution in [0.2, 0.25) is 0 Å². The molecule has 9 nitrogen and oxygen atoms in total. The van der Waals surface area contributed by atoms with Crippen LogP contribution >= 0.6 is 0 Å². The fourth-order valence-corrected chi connectivity index (χ4v) is 8.74. The molecule has 6 aromatic rings. The van der Waals surface area contributed by atoms with Crippen LogP contribution in [-0.2, 0) is 17.6 Å². The van der Waals surface area contributed by atoms with Gasteiger partial charge in [-0.05, 0) is 83.6 Å². The van der Waals surface area contributed by atoms with Gasteiger partial charge in [0, 0.05) is 89.7 Å². The summed E-state index contributed by atoms with van der Waals surface area (Å²) in [4.78, 5) is 33.6. The maximum atomic E-state index is 15.0. The van der Waals surface area contributed by atoms with Crippen LogP contribution in [0.1, 0.15) is 34.1 Å². The number of ketones is 1.